The van der Waals surface area contributed by atoms with Gasteiger partial charge >= 0.3 is 6.09 Å². The van der Waals surface area contributed by atoms with Gasteiger partial charge in [-0.1, -0.05) is 0 Å². The second-order valence-corrected chi connectivity index (χ2v) is 10.4. The van der Waals surface area contributed by atoms with Crippen LogP contribution in [0.2, 0.25) is 0 Å². The number of carbonyl (C=O) groups excluding carboxylic acids is 2. The van der Waals surface area contributed by atoms with Gasteiger partial charge in [0.1, 0.15) is 23.0 Å². The minimum absolute atomic E-state index is 0.0143. The Morgan fingerprint density at radius 1 is 1.03 bits per heavy atom. The van der Waals surface area contributed by atoms with Crippen LogP contribution in [0.1, 0.15) is 26.3 Å². The first-order valence-electron chi connectivity index (χ1n) is 12.8. The van der Waals surface area contributed by atoms with Crippen molar-refractivity contribution in [3.8, 4) is 5.75 Å². The highest BCUT2D eigenvalue weighted by Gasteiger charge is 2.26. The summed E-state index contributed by atoms with van der Waals surface area (Å²) in [7, 11) is 0. The second kappa shape index (κ2) is 10.6. The van der Waals surface area contributed by atoms with Crippen molar-refractivity contribution in [1.82, 2.24) is 19.9 Å². The molecule has 39 heavy (non-hydrogen) atoms. The van der Waals surface area contributed by atoms with Crippen LogP contribution in [-0.2, 0) is 9.53 Å². The fourth-order valence-corrected chi connectivity index (χ4v) is 4.15. The number of nitrogens with zero attached hydrogens (tertiary/aromatic N) is 5. The highest BCUT2D eigenvalue weighted by molar-refractivity contribution is 5.96. The summed E-state index contributed by atoms with van der Waals surface area (Å²) in [6, 6.07) is 9.32. The van der Waals surface area contributed by atoms with Gasteiger partial charge in [-0.3, -0.25) is 4.79 Å². The molecule has 1 fully saturated rings. The summed E-state index contributed by atoms with van der Waals surface area (Å²) in [5.74, 6) is 2.32. The minimum Gasteiger partial charge on any atom is -0.482 e. The van der Waals surface area contributed by atoms with Gasteiger partial charge in [0.05, 0.1) is 17.6 Å². The number of amides is 2. The summed E-state index contributed by atoms with van der Waals surface area (Å²) in [5, 5.41) is 9.28. The van der Waals surface area contributed by atoms with Crippen molar-refractivity contribution in [2.75, 3.05) is 53.6 Å². The molecule has 4 heterocycles. The van der Waals surface area contributed by atoms with Crippen molar-refractivity contribution in [3.05, 3.63) is 48.3 Å². The molecule has 2 aliphatic heterocycles. The predicted molar refractivity (Wildman–Crippen MR) is 148 cm³/mol. The summed E-state index contributed by atoms with van der Waals surface area (Å²) in [5.41, 5.74) is 2.46. The SMILES string of the molecule is Cc1cnc(Nc2ccc(N3CCN(C(=O)OC(C)(C)C)CC3)nc2)nc1Nc1ccc2c(c1)NC(=O)CO2. The van der Waals surface area contributed by atoms with E-state index in [9.17, 15) is 9.59 Å². The van der Waals surface area contributed by atoms with E-state index < -0.39 is 5.60 Å². The van der Waals surface area contributed by atoms with E-state index in [0.717, 1.165) is 22.8 Å². The zero-order chi connectivity index (χ0) is 27.6. The zero-order valence-electron chi connectivity index (χ0n) is 22.4. The summed E-state index contributed by atoms with van der Waals surface area (Å²) in [6.45, 7) is 10.0. The fourth-order valence-electron chi connectivity index (χ4n) is 4.15. The summed E-state index contributed by atoms with van der Waals surface area (Å²) >= 11 is 0. The smallest absolute Gasteiger partial charge is 0.410 e. The van der Waals surface area contributed by atoms with Crippen LogP contribution in [0.15, 0.2) is 42.7 Å². The minimum atomic E-state index is -0.508. The first-order valence-corrected chi connectivity index (χ1v) is 12.8. The number of anilines is 6. The lowest BCUT2D eigenvalue weighted by Crippen LogP contribution is -2.50. The third-order valence-corrected chi connectivity index (χ3v) is 6.11. The lowest BCUT2D eigenvalue weighted by atomic mass is 10.2. The number of nitrogens with one attached hydrogen (secondary N) is 3. The maximum absolute atomic E-state index is 12.3. The summed E-state index contributed by atoms with van der Waals surface area (Å²) < 4.78 is 10.9. The van der Waals surface area contributed by atoms with Gasteiger partial charge in [0, 0.05) is 43.6 Å². The Kier molecular flexibility index (Phi) is 7.09. The Morgan fingerprint density at radius 3 is 2.51 bits per heavy atom. The first kappa shape index (κ1) is 26.0. The number of fused-ring (bicyclic) bond motifs is 1. The molecular formula is C27H32N8O4. The number of hydrogen-bond donors (Lipinski definition) is 3. The molecule has 0 spiro atoms. The average molecular weight is 533 g/mol. The van der Waals surface area contributed by atoms with Gasteiger partial charge in [0.25, 0.3) is 5.91 Å². The standard InChI is InChI=1S/C27H32N8O4/c1-17-14-29-25(33-24(17)30-18-5-7-21-20(13-18)32-23(36)16-38-21)31-19-6-8-22(28-15-19)34-9-11-35(12-10-34)26(37)39-27(2,3)4/h5-8,13-15H,9-12,16H2,1-4H3,(H,32,36)(H2,29,30,31,33). The molecule has 0 bridgehead atoms. The molecule has 2 aromatic heterocycles. The highest BCUT2D eigenvalue weighted by Crippen LogP contribution is 2.32. The largest absolute Gasteiger partial charge is 0.482 e. The van der Waals surface area contributed by atoms with Gasteiger partial charge < -0.3 is 35.2 Å². The summed E-state index contributed by atoms with van der Waals surface area (Å²) in [6.07, 6.45) is 3.18. The lowest BCUT2D eigenvalue weighted by molar-refractivity contribution is -0.118. The normalized spacial score (nSPS) is 15.1. The van der Waals surface area contributed by atoms with Crippen molar-refractivity contribution in [2.24, 2.45) is 0 Å². The van der Waals surface area contributed by atoms with E-state index in [1.54, 1.807) is 29.4 Å². The molecule has 1 saturated heterocycles. The zero-order valence-corrected chi connectivity index (χ0v) is 22.4. The third kappa shape index (κ3) is 6.46. The third-order valence-electron chi connectivity index (χ3n) is 6.11. The Hall–Kier alpha value is -4.61. The molecule has 0 atom stereocenters. The van der Waals surface area contributed by atoms with Gasteiger partial charge in [-0.15, -0.1) is 0 Å². The van der Waals surface area contributed by atoms with Crippen molar-refractivity contribution < 1.29 is 19.1 Å². The fraction of sp³-hybridized carbons (Fsp3) is 0.370. The molecule has 12 nitrogen and oxygen atoms in total. The van der Waals surface area contributed by atoms with Crippen molar-refractivity contribution >= 4 is 46.6 Å². The average Bonchev–Trinajstić information content (AvgIpc) is 2.90. The number of aromatic nitrogens is 3. The number of rotatable bonds is 5. The second-order valence-electron chi connectivity index (χ2n) is 10.4. The summed E-state index contributed by atoms with van der Waals surface area (Å²) in [4.78, 5) is 41.4. The number of piperazine rings is 1. The topological polar surface area (TPSA) is 134 Å². The molecule has 0 radical (unpaired) electrons. The van der Waals surface area contributed by atoms with Gasteiger partial charge in [-0.25, -0.2) is 14.8 Å². The van der Waals surface area contributed by atoms with Gasteiger partial charge in [-0.05, 0) is 58.0 Å². The van der Waals surface area contributed by atoms with Gasteiger partial charge in [-0.2, -0.15) is 4.98 Å². The van der Waals surface area contributed by atoms with Crippen LogP contribution >= 0.6 is 0 Å². The van der Waals surface area contributed by atoms with Crippen LogP contribution in [0, 0.1) is 6.92 Å². The Morgan fingerprint density at radius 2 is 1.79 bits per heavy atom. The number of carbonyl (C=O) groups is 2. The molecule has 12 heteroatoms. The van der Waals surface area contributed by atoms with Crippen molar-refractivity contribution in [2.45, 2.75) is 33.3 Å². The van der Waals surface area contributed by atoms with Gasteiger partial charge in [0.15, 0.2) is 6.61 Å². The van der Waals surface area contributed by atoms with Crippen LogP contribution in [-0.4, -0.2) is 70.2 Å². The number of hydrogen-bond acceptors (Lipinski definition) is 10. The number of aryl methyl sites for hydroxylation is 1. The van der Waals surface area contributed by atoms with Crippen molar-refractivity contribution in [3.63, 3.8) is 0 Å². The molecule has 0 saturated carbocycles. The first-order chi connectivity index (χ1) is 18.6. The molecule has 3 aromatic rings. The number of ether oxygens (including phenoxy) is 2. The van der Waals surface area contributed by atoms with E-state index in [2.05, 4.69) is 35.8 Å². The molecule has 5 rings (SSSR count). The Labute approximate surface area is 226 Å². The lowest BCUT2D eigenvalue weighted by Gasteiger charge is -2.36. The molecule has 0 unspecified atom stereocenters. The monoisotopic (exact) mass is 532 g/mol. The maximum Gasteiger partial charge on any atom is 0.410 e. The molecular weight excluding hydrogens is 500 g/mol. The quantitative estimate of drug-likeness (QED) is 0.442. The molecule has 2 aliphatic rings. The highest BCUT2D eigenvalue weighted by atomic mass is 16.6. The van der Waals surface area contributed by atoms with Gasteiger partial charge in [0.2, 0.25) is 5.95 Å². The van der Waals surface area contributed by atoms with Crippen LogP contribution in [0.25, 0.3) is 0 Å². The van der Waals surface area contributed by atoms with E-state index in [1.807, 2.05) is 45.9 Å². The Bertz CT molecular complexity index is 1370. The molecule has 3 N–H and O–H groups in total. The molecule has 204 valence electrons. The number of benzene rings is 1. The predicted octanol–water partition coefficient (Wildman–Crippen LogP) is 4.06. The van der Waals surface area contributed by atoms with Crippen LogP contribution in [0.5, 0.6) is 5.75 Å². The van der Waals surface area contributed by atoms with Crippen LogP contribution in [0.3, 0.4) is 0 Å². The van der Waals surface area contributed by atoms with E-state index in [4.69, 9.17) is 9.47 Å². The van der Waals surface area contributed by atoms with Crippen LogP contribution < -0.4 is 25.6 Å². The van der Waals surface area contributed by atoms with E-state index >= 15 is 0 Å². The molecule has 0 aliphatic carbocycles. The molecule has 2 amide bonds. The maximum atomic E-state index is 12.3. The van der Waals surface area contributed by atoms with E-state index in [0.29, 0.717) is 49.4 Å². The van der Waals surface area contributed by atoms with Crippen molar-refractivity contribution in [1.29, 1.82) is 0 Å². The van der Waals surface area contributed by atoms with E-state index in [-0.39, 0.29) is 18.6 Å². The van der Waals surface area contributed by atoms with E-state index in [1.165, 1.54) is 0 Å². The Balaban J connectivity index is 1.20. The van der Waals surface area contributed by atoms with Crippen LogP contribution in [0.4, 0.5) is 39.4 Å². The number of pyridine rings is 1. The molecule has 1 aromatic carbocycles.